The molecule has 2 aromatic rings. The predicted octanol–water partition coefficient (Wildman–Crippen LogP) is 5.17. The number of alkyl halides is 5. The van der Waals surface area contributed by atoms with Gasteiger partial charge in [-0.25, -0.2) is 9.97 Å². The molecule has 4 rings (SSSR count). The van der Waals surface area contributed by atoms with Crippen LogP contribution in [0.4, 0.5) is 27.6 Å². The molecule has 0 amide bonds. The fourth-order valence-corrected chi connectivity index (χ4v) is 4.89. The predicted molar refractivity (Wildman–Crippen MR) is 136 cm³/mol. The first-order valence-electron chi connectivity index (χ1n) is 13.2. The van der Waals surface area contributed by atoms with Crippen LogP contribution in [0, 0.1) is 5.92 Å². The fraction of sp³-hybridized carbons (Fsp3) is 0.593. The molecule has 0 saturated carbocycles. The van der Waals surface area contributed by atoms with E-state index < -0.39 is 18.7 Å². The number of hydrogen-bond acceptors (Lipinski definition) is 9. The van der Waals surface area contributed by atoms with Crippen LogP contribution in [0.3, 0.4) is 0 Å². The van der Waals surface area contributed by atoms with Crippen LogP contribution in [0.15, 0.2) is 24.5 Å². The Balaban J connectivity index is 1.37. The number of rotatable bonds is 10. The highest BCUT2D eigenvalue weighted by Gasteiger charge is 2.58. The molecule has 2 unspecified atom stereocenters. The van der Waals surface area contributed by atoms with Crippen molar-refractivity contribution in [3.8, 4) is 23.3 Å². The van der Waals surface area contributed by atoms with E-state index in [9.17, 15) is 26.7 Å². The van der Waals surface area contributed by atoms with Crippen molar-refractivity contribution in [1.29, 1.82) is 0 Å². The van der Waals surface area contributed by atoms with Gasteiger partial charge in [0.25, 0.3) is 0 Å². The van der Waals surface area contributed by atoms with Gasteiger partial charge < -0.3 is 28.6 Å². The number of fused-ring (bicyclic) bond motifs is 1. The first kappa shape index (κ1) is 30.4. The zero-order valence-corrected chi connectivity index (χ0v) is 22.9. The van der Waals surface area contributed by atoms with Gasteiger partial charge in [0.1, 0.15) is 11.9 Å². The van der Waals surface area contributed by atoms with E-state index in [0.717, 1.165) is 11.8 Å². The number of nitrogens with zero attached hydrogens (tertiary/aromatic N) is 3. The highest BCUT2D eigenvalue weighted by atomic mass is 19.4. The van der Waals surface area contributed by atoms with Crippen LogP contribution in [-0.4, -0.2) is 74.2 Å². The van der Waals surface area contributed by atoms with Crippen LogP contribution in [0.5, 0.6) is 23.3 Å². The zero-order valence-electron chi connectivity index (χ0n) is 22.9. The second-order valence-corrected chi connectivity index (χ2v) is 10.0. The second kappa shape index (κ2) is 12.5. The van der Waals surface area contributed by atoms with Gasteiger partial charge >= 0.3 is 18.1 Å². The summed E-state index contributed by atoms with van der Waals surface area (Å²) >= 11 is 0. The van der Waals surface area contributed by atoms with Gasteiger partial charge in [-0.15, -0.1) is 0 Å². The number of halogens is 5. The SMILES string of the molecule is COc1cc(N2CCC(COc3cc4c(cn3)OCCC4C(C)OC(C)=O)CC2)c(OCC(F)(F)C(F)(F)F)cn1. The highest BCUT2D eigenvalue weighted by Crippen LogP contribution is 2.40. The molecule has 2 aromatic heterocycles. The number of ether oxygens (including phenoxy) is 5. The maximum absolute atomic E-state index is 13.5. The molecule has 2 atom stereocenters. The number of methoxy groups -OCH3 is 1. The lowest BCUT2D eigenvalue weighted by Crippen LogP contribution is -2.42. The average molecular weight is 590 g/mol. The Labute approximate surface area is 233 Å². The summed E-state index contributed by atoms with van der Waals surface area (Å²) in [6, 6.07) is 3.25. The van der Waals surface area contributed by atoms with Gasteiger partial charge in [-0.3, -0.25) is 4.79 Å². The Morgan fingerprint density at radius 2 is 1.78 bits per heavy atom. The van der Waals surface area contributed by atoms with Gasteiger partial charge in [-0.05, 0) is 32.1 Å². The minimum absolute atomic E-state index is 0.0545. The summed E-state index contributed by atoms with van der Waals surface area (Å²) < 4.78 is 91.9. The van der Waals surface area contributed by atoms with E-state index in [-0.39, 0.29) is 35.5 Å². The number of anilines is 1. The molecule has 2 aliphatic rings. The molecular formula is C27H32F5N3O6. The summed E-state index contributed by atoms with van der Waals surface area (Å²) in [5.74, 6) is -4.27. The maximum Gasteiger partial charge on any atom is 0.456 e. The van der Waals surface area contributed by atoms with Crippen molar-refractivity contribution in [3.63, 3.8) is 0 Å². The van der Waals surface area contributed by atoms with Gasteiger partial charge in [0.2, 0.25) is 11.8 Å². The van der Waals surface area contributed by atoms with Gasteiger partial charge in [-0.2, -0.15) is 22.0 Å². The van der Waals surface area contributed by atoms with Crippen LogP contribution in [0.2, 0.25) is 0 Å². The monoisotopic (exact) mass is 589 g/mol. The molecule has 0 aromatic carbocycles. The summed E-state index contributed by atoms with van der Waals surface area (Å²) in [5, 5.41) is 0. The second-order valence-electron chi connectivity index (χ2n) is 10.0. The summed E-state index contributed by atoms with van der Waals surface area (Å²) in [6.45, 7) is 3.15. The lowest BCUT2D eigenvalue weighted by Gasteiger charge is -2.34. The van der Waals surface area contributed by atoms with Crippen LogP contribution in [-0.2, 0) is 9.53 Å². The van der Waals surface area contributed by atoms with E-state index in [1.807, 2.05) is 11.8 Å². The smallest absolute Gasteiger partial charge is 0.456 e. The van der Waals surface area contributed by atoms with Crippen molar-refractivity contribution in [2.45, 2.75) is 57.2 Å². The highest BCUT2D eigenvalue weighted by molar-refractivity contribution is 5.66. The van der Waals surface area contributed by atoms with Gasteiger partial charge in [-0.1, -0.05) is 0 Å². The third kappa shape index (κ3) is 7.39. The Morgan fingerprint density at radius 1 is 1.07 bits per heavy atom. The van der Waals surface area contributed by atoms with Crippen LogP contribution in [0.25, 0.3) is 0 Å². The number of pyridine rings is 2. The molecule has 41 heavy (non-hydrogen) atoms. The van der Waals surface area contributed by atoms with Crippen LogP contribution < -0.4 is 23.8 Å². The van der Waals surface area contributed by atoms with E-state index in [0.29, 0.717) is 62.9 Å². The largest absolute Gasteiger partial charge is 0.492 e. The molecule has 9 nitrogen and oxygen atoms in total. The maximum atomic E-state index is 13.5. The quantitative estimate of drug-likeness (QED) is 0.275. The molecule has 0 radical (unpaired) electrons. The number of hydrogen-bond donors (Lipinski definition) is 0. The fourth-order valence-electron chi connectivity index (χ4n) is 4.89. The van der Waals surface area contributed by atoms with Gasteiger partial charge in [0.15, 0.2) is 12.4 Å². The summed E-state index contributed by atoms with van der Waals surface area (Å²) in [4.78, 5) is 21.5. The molecule has 1 fully saturated rings. The van der Waals surface area contributed by atoms with Crippen molar-refractivity contribution >= 4 is 11.7 Å². The number of carbonyl (C=O) groups excluding carboxylic acids is 1. The lowest BCUT2D eigenvalue weighted by molar-refractivity contribution is -0.289. The standard InChI is InChI=1S/C27H32F5N3O6/c1-16(41-17(2)36)19-6-9-38-22-12-34-25(10-20(19)22)39-14-18-4-7-35(8-5-18)21-11-24(37-3)33-13-23(21)40-15-26(28,29)27(30,31)32/h10-13,16,18-19H,4-9,14-15H2,1-3H3. The first-order valence-corrected chi connectivity index (χ1v) is 13.2. The van der Waals surface area contributed by atoms with Gasteiger partial charge in [0.05, 0.1) is 38.4 Å². The molecule has 0 bridgehead atoms. The lowest BCUT2D eigenvalue weighted by atomic mass is 9.89. The summed E-state index contributed by atoms with van der Waals surface area (Å²) in [6.07, 6.45) is -1.39. The van der Waals surface area contributed by atoms with Crippen molar-refractivity contribution in [1.82, 2.24) is 9.97 Å². The number of piperidine rings is 1. The molecule has 226 valence electrons. The van der Waals surface area contributed by atoms with E-state index >= 15 is 0 Å². The Kier molecular flexibility index (Phi) is 9.27. The number of carbonyl (C=O) groups is 1. The number of esters is 1. The minimum atomic E-state index is -5.73. The van der Waals surface area contributed by atoms with Crippen molar-refractivity contribution in [2.75, 3.05) is 44.9 Å². The molecule has 0 spiro atoms. The summed E-state index contributed by atoms with van der Waals surface area (Å²) in [5.41, 5.74) is 1.18. The molecule has 0 N–H and O–H groups in total. The van der Waals surface area contributed by atoms with Crippen LogP contribution in [0.1, 0.15) is 44.6 Å². The molecule has 4 heterocycles. The van der Waals surface area contributed by atoms with Crippen molar-refractivity contribution in [3.05, 3.63) is 30.1 Å². The number of aromatic nitrogens is 2. The van der Waals surface area contributed by atoms with E-state index in [1.54, 1.807) is 12.3 Å². The normalized spacial score (nSPS) is 18.6. The van der Waals surface area contributed by atoms with E-state index in [2.05, 4.69) is 9.97 Å². The average Bonchev–Trinajstić information content (AvgIpc) is 2.93. The van der Waals surface area contributed by atoms with Crippen molar-refractivity contribution in [2.24, 2.45) is 5.92 Å². The minimum Gasteiger partial charge on any atom is -0.492 e. The van der Waals surface area contributed by atoms with E-state index in [4.69, 9.17) is 23.7 Å². The molecule has 0 aliphatic carbocycles. The van der Waals surface area contributed by atoms with Crippen LogP contribution >= 0.6 is 0 Å². The Morgan fingerprint density at radius 3 is 2.44 bits per heavy atom. The molecular weight excluding hydrogens is 557 g/mol. The third-order valence-electron chi connectivity index (χ3n) is 7.15. The molecule has 14 heteroatoms. The third-order valence-corrected chi connectivity index (χ3v) is 7.15. The van der Waals surface area contributed by atoms with Gasteiger partial charge in [0, 0.05) is 43.6 Å². The van der Waals surface area contributed by atoms with Crippen molar-refractivity contribution < 1.29 is 50.4 Å². The zero-order chi connectivity index (χ0) is 29.8. The molecule has 2 aliphatic heterocycles. The Bertz CT molecular complexity index is 1210. The first-order chi connectivity index (χ1) is 19.4. The summed E-state index contributed by atoms with van der Waals surface area (Å²) in [7, 11) is 1.37. The Hall–Kier alpha value is -3.58. The molecule has 1 saturated heterocycles. The van der Waals surface area contributed by atoms with E-state index in [1.165, 1.54) is 20.1 Å². The topological polar surface area (TPSA) is 92.2 Å².